The Hall–Kier alpha value is -1.24. The molecule has 0 saturated heterocycles. The van der Waals surface area contributed by atoms with Crippen molar-refractivity contribution in [3.63, 3.8) is 0 Å². The summed E-state index contributed by atoms with van der Waals surface area (Å²) in [6.45, 7) is 3.04. The lowest BCUT2D eigenvalue weighted by Gasteiger charge is -2.08. The van der Waals surface area contributed by atoms with Gasteiger partial charge in [0.15, 0.2) is 5.16 Å². The molecular formula is C12H15ClN4OS. The second-order valence-corrected chi connectivity index (χ2v) is 5.39. The SMILES string of the molecule is CCn1c(Sc2cc(Cl)ccc2CCN)n[nH]c1=O. The molecule has 0 unspecified atom stereocenters. The lowest BCUT2D eigenvalue weighted by molar-refractivity contribution is 0.660. The molecule has 7 heteroatoms. The van der Waals surface area contributed by atoms with Gasteiger partial charge in [0.05, 0.1) is 0 Å². The minimum absolute atomic E-state index is 0.201. The Labute approximate surface area is 120 Å². The Morgan fingerprint density at radius 3 is 3.00 bits per heavy atom. The number of halogens is 1. The Kier molecular flexibility index (Phi) is 4.68. The first-order valence-corrected chi connectivity index (χ1v) is 7.16. The molecule has 1 aromatic carbocycles. The van der Waals surface area contributed by atoms with Gasteiger partial charge in [0, 0.05) is 16.5 Å². The van der Waals surface area contributed by atoms with E-state index in [1.165, 1.54) is 11.8 Å². The molecule has 2 rings (SSSR count). The Morgan fingerprint density at radius 1 is 1.53 bits per heavy atom. The molecule has 0 aliphatic carbocycles. The number of H-pyrrole nitrogens is 1. The van der Waals surface area contributed by atoms with Crippen LogP contribution >= 0.6 is 23.4 Å². The molecule has 2 aromatic rings. The second kappa shape index (κ2) is 6.27. The van der Waals surface area contributed by atoms with E-state index >= 15 is 0 Å². The maximum absolute atomic E-state index is 11.5. The van der Waals surface area contributed by atoms with E-state index in [0.29, 0.717) is 23.3 Å². The first-order chi connectivity index (χ1) is 9.15. The monoisotopic (exact) mass is 298 g/mol. The minimum Gasteiger partial charge on any atom is -0.330 e. The summed E-state index contributed by atoms with van der Waals surface area (Å²) in [5.74, 6) is 0. The molecule has 0 radical (unpaired) electrons. The van der Waals surface area contributed by atoms with Crippen molar-refractivity contribution in [2.75, 3.05) is 6.54 Å². The minimum atomic E-state index is -0.201. The molecule has 0 fully saturated rings. The van der Waals surface area contributed by atoms with Crippen LogP contribution in [0.2, 0.25) is 5.02 Å². The molecule has 0 spiro atoms. The van der Waals surface area contributed by atoms with Gasteiger partial charge in [0.1, 0.15) is 0 Å². The van der Waals surface area contributed by atoms with Crippen LogP contribution in [-0.2, 0) is 13.0 Å². The summed E-state index contributed by atoms with van der Waals surface area (Å²) in [5.41, 5.74) is 6.51. The summed E-state index contributed by atoms with van der Waals surface area (Å²) in [6.07, 6.45) is 0.764. The van der Waals surface area contributed by atoms with Gasteiger partial charge in [-0.1, -0.05) is 17.7 Å². The number of nitrogens with two attached hydrogens (primary N) is 1. The standard InChI is InChI=1S/C12H15ClN4OS/c1-2-17-11(18)15-16-12(17)19-10-7-9(13)4-3-8(10)5-6-14/h3-4,7H,2,5-6,14H2,1H3,(H,15,18). The zero-order chi connectivity index (χ0) is 13.8. The van der Waals surface area contributed by atoms with Gasteiger partial charge in [-0.05, 0) is 49.3 Å². The molecular weight excluding hydrogens is 284 g/mol. The third kappa shape index (κ3) is 3.20. The average Bonchev–Trinajstić information content (AvgIpc) is 2.73. The number of nitrogens with one attached hydrogen (secondary N) is 1. The predicted octanol–water partition coefficient (Wildman–Crippen LogP) is 1.90. The van der Waals surface area contributed by atoms with Crippen LogP contribution in [0.25, 0.3) is 0 Å². The van der Waals surface area contributed by atoms with Gasteiger partial charge in [-0.3, -0.25) is 4.57 Å². The maximum Gasteiger partial charge on any atom is 0.343 e. The molecule has 5 nitrogen and oxygen atoms in total. The van der Waals surface area contributed by atoms with Gasteiger partial charge in [0.2, 0.25) is 0 Å². The summed E-state index contributed by atoms with van der Waals surface area (Å²) in [4.78, 5) is 12.5. The average molecular weight is 299 g/mol. The first kappa shape index (κ1) is 14.2. The predicted molar refractivity (Wildman–Crippen MR) is 76.9 cm³/mol. The molecule has 1 heterocycles. The fraction of sp³-hybridized carbons (Fsp3) is 0.333. The number of benzene rings is 1. The molecule has 0 aliphatic heterocycles. The van der Waals surface area contributed by atoms with E-state index in [9.17, 15) is 4.79 Å². The van der Waals surface area contributed by atoms with E-state index < -0.39 is 0 Å². The van der Waals surface area contributed by atoms with E-state index in [4.69, 9.17) is 17.3 Å². The third-order valence-corrected chi connectivity index (χ3v) is 4.01. The zero-order valence-electron chi connectivity index (χ0n) is 10.5. The smallest absolute Gasteiger partial charge is 0.330 e. The lowest BCUT2D eigenvalue weighted by atomic mass is 10.1. The van der Waals surface area contributed by atoms with Crippen LogP contribution in [0.4, 0.5) is 0 Å². The van der Waals surface area contributed by atoms with Crippen molar-refractivity contribution in [2.45, 2.75) is 29.9 Å². The highest BCUT2D eigenvalue weighted by Gasteiger charge is 2.11. The van der Waals surface area contributed by atoms with Crippen molar-refractivity contribution in [1.29, 1.82) is 0 Å². The highest BCUT2D eigenvalue weighted by Crippen LogP contribution is 2.31. The quantitative estimate of drug-likeness (QED) is 0.884. The van der Waals surface area contributed by atoms with Gasteiger partial charge in [-0.2, -0.15) is 0 Å². The number of hydrogen-bond donors (Lipinski definition) is 2. The van der Waals surface area contributed by atoms with Gasteiger partial charge in [-0.25, -0.2) is 9.89 Å². The zero-order valence-corrected chi connectivity index (χ0v) is 12.1. The fourth-order valence-electron chi connectivity index (χ4n) is 1.74. The molecule has 0 saturated carbocycles. The number of nitrogens with zero attached hydrogens (tertiary/aromatic N) is 2. The normalized spacial score (nSPS) is 10.9. The van der Waals surface area contributed by atoms with Gasteiger partial charge >= 0.3 is 5.69 Å². The lowest BCUT2D eigenvalue weighted by Crippen LogP contribution is -2.16. The number of hydrogen-bond acceptors (Lipinski definition) is 4. The summed E-state index contributed by atoms with van der Waals surface area (Å²) >= 11 is 7.44. The Balaban J connectivity index is 2.36. The van der Waals surface area contributed by atoms with Crippen molar-refractivity contribution in [3.8, 4) is 0 Å². The van der Waals surface area contributed by atoms with E-state index in [0.717, 1.165) is 16.9 Å². The van der Waals surface area contributed by atoms with E-state index in [1.807, 2.05) is 25.1 Å². The Bertz CT molecular complexity index is 622. The van der Waals surface area contributed by atoms with Crippen molar-refractivity contribution in [2.24, 2.45) is 5.73 Å². The van der Waals surface area contributed by atoms with Crippen LogP contribution in [0, 0.1) is 0 Å². The summed E-state index contributed by atoms with van der Waals surface area (Å²) in [6, 6.07) is 5.67. The highest BCUT2D eigenvalue weighted by molar-refractivity contribution is 7.99. The first-order valence-electron chi connectivity index (χ1n) is 5.97. The molecule has 1 aromatic heterocycles. The molecule has 0 bridgehead atoms. The largest absolute Gasteiger partial charge is 0.343 e. The maximum atomic E-state index is 11.5. The van der Waals surface area contributed by atoms with Gasteiger partial charge in [-0.15, -0.1) is 5.10 Å². The summed E-state index contributed by atoms with van der Waals surface area (Å²) < 4.78 is 1.58. The summed E-state index contributed by atoms with van der Waals surface area (Å²) in [7, 11) is 0. The van der Waals surface area contributed by atoms with Crippen LogP contribution in [0.5, 0.6) is 0 Å². The van der Waals surface area contributed by atoms with Crippen molar-refractivity contribution >= 4 is 23.4 Å². The molecule has 19 heavy (non-hydrogen) atoms. The number of aromatic nitrogens is 3. The van der Waals surface area contributed by atoms with E-state index in [1.54, 1.807) is 4.57 Å². The van der Waals surface area contributed by atoms with Crippen LogP contribution in [-0.4, -0.2) is 21.3 Å². The fourth-order valence-corrected chi connectivity index (χ4v) is 3.08. The van der Waals surface area contributed by atoms with Crippen molar-refractivity contribution < 1.29 is 0 Å². The number of rotatable bonds is 5. The molecule has 0 amide bonds. The van der Waals surface area contributed by atoms with Gasteiger partial charge < -0.3 is 5.73 Å². The van der Waals surface area contributed by atoms with Gasteiger partial charge in [0.25, 0.3) is 0 Å². The van der Waals surface area contributed by atoms with Crippen molar-refractivity contribution in [3.05, 3.63) is 39.3 Å². The third-order valence-electron chi connectivity index (χ3n) is 2.68. The molecule has 0 atom stereocenters. The summed E-state index contributed by atoms with van der Waals surface area (Å²) in [5, 5.41) is 7.77. The second-order valence-electron chi connectivity index (χ2n) is 3.95. The van der Waals surface area contributed by atoms with Crippen LogP contribution in [0.15, 0.2) is 33.0 Å². The van der Waals surface area contributed by atoms with Crippen molar-refractivity contribution in [1.82, 2.24) is 14.8 Å². The molecule has 3 N–H and O–H groups in total. The van der Waals surface area contributed by atoms with E-state index in [-0.39, 0.29) is 5.69 Å². The number of aromatic amines is 1. The van der Waals surface area contributed by atoms with Crippen LogP contribution in [0.3, 0.4) is 0 Å². The van der Waals surface area contributed by atoms with E-state index in [2.05, 4.69) is 10.2 Å². The highest BCUT2D eigenvalue weighted by atomic mass is 35.5. The Morgan fingerprint density at radius 2 is 2.32 bits per heavy atom. The molecule has 102 valence electrons. The van der Waals surface area contributed by atoms with Crippen LogP contribution < -0.4 is 11.4 Å². The topological polar surface area (TPSA) is 76.7 Å². The molecule has 0 aliphatic rings. The van der Waals surface area contributed by atoms with Crippen LogP contribution in [0.1, 0.15) is 12.5 Å².